The monoisotopic (exact) mass is 406 g/mol. The first-order valence-corrected chi connectivity index (χ1v) is 8.20. The van der Waals surface area contributed by atoms with Crippen molar-refractivity contribution in [2.24, 2.45) is 5.10 Å². The van der Waals surface area contributed by atoms with Crippen molar-refractivity contribution in [3.8, 4) is 17.2 Å². The molecular weight excluding hydrogens is 388 g/mol. The standard InChI is InChI=1S/C18H19BrN2O4/c1-11(20-21-18(22)13-7-5-6-8-14(13)19)12-9-15(23-2)17(25-4)16(10-12)24-3/h5-10H,1-4H3,(H,21,22). The first-order valence-electron chi connectivity index (χ1n) is 7.41. The molecule has 0 fully saturated rings. The minimum absolute atomic E-state index is 0.306. The molecule has 25 heavy (non-hydrogen) atoms. The molecule has 1 N–H and O–H groups in total. The van der Waals surface area contributed by atoms with Gasteiger partial charge in [-0.05, 0) is 47.1 Å². The third-order valence-electron chi connectivity index (χ3n) is 3.53. The molecule has 2 aromatic rings. The van der Waals surface area contributed by atoms with E-state index in [0.717, 1.165) is 5.56 Å². The summed E-state index contributed by atoms with van der Waals surface area (Å²) in [7, 11) is 4.63. The largest absolute Gasteiger partial charge is 0.493 e. The van der Waals surface area contributed by atoms with E-state index in [1.54, 1.807) is 58.6 Å². The van der Waals surface area contributed by atoms with E-state index in [-0.39, 0.29) is 5.91 Å². The lowest BCUT2D eigenvalue weighted by Gasteiger charge is -2.14. The number of hydrogen-bond donors (Lipinski definition) is 1. The van der Waals surface area contributed by atoms with Crippen molar-refractivity contribution in [3.63, 3.8) is 0 Å². The van der Waals surface area contributed by atoms with Crippen LogP contribution >= 0.6 is 15.9 Å². The van der Waals surface area contributed by atoms with Crippen LogP contribution in [0.5, 0.6) is 17.2 Å². The average Bonchev–Trinajstić information content (AvgIpc) is 2.64. The van der Waals surface area contributed by atoms with Crippen LogP contribution < -0.4 is 19.6 Å². The predicted molar refractivity (Wildman–Crippen MR) is 99.9 cm³/mol. The highest BCUT2D eigenvalue weighted by molar-refractivity contribution is 9.10. The third-order valence-corrected chi connectivity index (χ3v) is 4.22. The van der Waals surface area contributed by atoms with E-state index >= 15 is 0 Å². The summed E-state index contributed by atoms with van der Waals surface area (Å²) in [6, 6.07) is 10.7. The number of hydrogen-bond acceptors (Lipinski definition) is 5. The number of carbonyl (C=O) groups is 1. The van der Waals surface area contributed by atoms with Gasteiger partial charge in [-0.1, -0.05) is 12.1 Å². The molecule has 2 aromatic carbocycles. The van der Waals surface area contributed by atoms with Crippen molar-refractivity contribution in [3.05, 3.63) is 52.0 Å². The van der Waals surface area contributed by atoms with Crippen LogP contribution in [-0.2, 0) is 0 Å². The molecule has 0 unspecified atom stereocenters. The van der Waals surface area contributed by atoms with E-state index < -0.39 is 0 Å². The van der Waals surface area contributed by atoms with Crippen molar-refractivity contribution in [1.82, 2.24) is 5.43 Å². The highest BCUT2D eigenvalue weighted by Crippen LogP contribution is 2.38. The topological polar surface area (TPSA) is 69.2 Å². The summed E-state index contributed by atoms with van der Waals surface area (Å²) in [5.41, 5.74) is 4.39. The van der Waals surface area contributed by atoms with E-state index in [2.05, 4.69) is 26.5 Å². The lowest BCUT2D eigenvalue weighted by molar-refractivity contribution is 0.0954. The molecule has 1 amide bonds. The fourth-order valence-corrected chi connectivity index (χ4v) is 2.66. The lowest BCUT2D eigenvalue weighted by Crippen LogP contribution is -2.19. The quantitative estimate of drug-likeness (QED) is 0.587. The Morgan fingerprint density at radius 2 is 1.64 bits per heavy atom. The fraction of sp³-hybridized carbons (Fsp3) is 0.222. The predicted octanol–water partition coefficient (Wildman–Crippen LogP) is 3.63. The summed E-state index contributed by atoms with van der Waals surface area (Å²) in [4.78, 5) is 12.2. The summed E-state index contributed by atoms with van der Waals surface area (Å²) in [5, 5.41) is 4.16. The number of halogens is 1. The fourth-order valence-electron chi connectivity index (χ4n) is 2.19. The molecule has 0 spiro atoms. The van der Waals surface area contributed by atoms with Crippen LogP contribution in [0.3, 0.4) is 0 Å². The molecule has 0 saturated carbocycles. The van der Waals surface area contributed by atoms with E-state index in [1.165, 1.54) is 0 Å². The Morgan fingerprint density at radius 3 is 2.16 bits per heavy atom. The van der Waals surface area contributed by atoms with Crippen LogP contribution in [0.2, 0.25) is 0 Å². The first kappa shape index (κ1) is 18.8. The van der Waals surface area contributed by atoms with E-state index in [1.807, 2.05) is 6.07 Å². The van der Waals surface area contributed by atoms with Crippen molar-refractivity contribution in [2.45, 2.75) is 6.92 Å². The van der Waals surface area contributed by atoms with Crippen LogP contribution in [0.4, 0.5) is 0 Å². The van der Waals surface area contributed by atoms with Crippen molar-refractivity contribution in [2.75, 3.05) is 21.3 Å². The molecule has 6 nitrogen and oxygen atoms in total. The van der Waals surface area contributed by atoms with Crippen molar-refractivity contribution >= 4 is 27.5 Å². The van der Waals surface area contributed by atoms with Crippen LogP contribution in [-0.4, -0.2) is 32.9 Å². The molecule has 0 atom stereocenters. The maximum absolute atomic E-state index is 12.2. The van der Waals surface area contributed by atoms with Gasteiger partial charge in [0.15, 0.2) is 11.5 Å². The van der Waals surface area contributed by atoms with E-state index in [0.29, 0.717) is 33.0 Å². The molecule has 7 heteroatoms. The smallest absolute Gasteiger partial charge is 0.272 e. The SMILES string of the molecule is COc1cc(C(C)=NNC(=O)c2ccccc2Br)cc(OC)c1OC. The molecule has 0 heterocycles. The van der Waals surface area contributed by atoms with Crippen molar-refractivity contribution < 1.29 is 19.0 Å². The highest BCUT2D eigenvalue weighted by atomic mass is 79.9. The molecule has 0 radical (unpaired) electrons. The number of methoxy groups -OCH3 is 3. The van der Waals surface area contributed by atoms with E-state index in [4.69, 9.17) is 14.2 Å². The Morgan fingerprint density at radius 1 is 1.04 bits per heavy atom. The summed E-state index contributed by atoms with van der Waals surface area (Å²) in [5.74, 6) is 1.23. The minimum Gasteiger partial charge on any atom is -0.493 e. The van der Waals surface area contributed by atoms with E-state index in [9.17, 15) is 4.79 Å². The second kappa shape index (κ2) is 8.53. The van der Waals surface area contributed by atoms with Gasteiger partial charge < -0.3 is 14.2 Å². The number of ether oxygens (including phenoxy) is 3. The Balaban J connectivity index is 2.28. The van der Waals surface area contributed by atoms with Gasteiger partial charge in [-0.2, -0.15) is 5.10 Å². The Labute approximate surface area is 154 Å². The molecule has 0 aliphatic heterocycles. The zero-order valence-electron chi connectivity index (χ0n) is 14.4. The van der Waals surface area contributed by atoms with Crippen LogP contribution in [0.25, 0.3) is 0 Å². The molecule has 132 valence electrons. The summed E-state index contributed by atoms with van der Waals surface area (Å²) in [6.07, 6.45) is 0. The molecule has 0 aliphatic rings. The summed E-state index contributed by atoms with van der Waals surface area (Å²) < 4.78 is 16.7. The van der Waals surface area contributed by atoms with Gasteiger partial charge in [0, 0.05) is 10.0 Å². The van der Waals surface area contributed by atoms with Crippen molar-refractivity contribution in [1.29, 1.82) is 0 Å². The number of carbonyl (C=O) groups excluding carboxylic acids is 1. The number of rotatable bonds is 6. The summed E-state index contributed by atoms with van der Waals surface area (Å²) in [6.45, 7) is 1.78. The zero-order valence-corrected chi connectivity index (χ0v) is 16.0. The number of nitrogens with zero attached hydrogens (tertiary/aromatic N) is 1. The van der Waals surface area contributed by atoms with Crippen LogP contribution in [0, 0.1) is 0 Å². The molecule has 0 saturated heterocycles. The number of hydrazone groups is 1. The Bertz CT molecular complexity index is 780. The van der Waals surface area contributed by atoms with Gasteiger partial charge in [-0.3, -0.25) is 4.79 Å². The van der Waals surface area contributed by atoms with Crippen LogP contribution in [0.1, 0.15) is 22.8 Å². The summed E-state index contributed by atoms with van der Waals surface area (Å²) >= 11 is 3.35. The molecule has 2 rings (SSSR count). The molecule has 0 bridgehead atoms. The second-order valence-electron chi connectivity index (χ2n) is 5.03. The van der Waals surface area contributed by atoms with Gasteiger partial charge in [0.05, 0.1) is 32.6 Å². The van der Waals surface area contributed by atoms with Gasteiger partial charge in [-0.15, -0.1) is 0 Å². The average molecular weight is 407 g/mol. The number of nitrogens with one attached hydrogen (secondary N) is 1. The van der Waals surface area contributed by atoms with Gasteiger partial charge >= 0.3 is 0 Å². The lowest BCUT2D eigenvalue weighted by atomic mass is 10.1. The maximum Gasteiger partial charge on any atom is 0.272 e. The van der Waals surface area contributed by atoms with Gasteiger partial charge in [0.1, 0.15) is 0 Å². The third kappa shape index (κ3) is 4.30. The molecular formula is C18H19BrN2O4. The number of benzene rings is 2. The number of amides is 1. The molecule has 0 aromatic heterocycles. The van der Waals surface area contributed by atoms with Gasteiger partial charge in [0.2, 0.25) is 5.75 Å². The van der Waals surface area contributed by atoms with Gasteiger partial charge in [0.25, 0.3) is 5.91 Å². The molecule has 0 aliphatic carbocycles. The second-order valence-corrected chi connectivity index (χ2v) is 5.89. The van der Waals surface area contributed by atoms with Crippen LogP contribution in [0.15, 0.2) is 46.0 Å². The first-order chi connectivity index (χ1) is 12.0. The maximum atomic E-state index is 12.2. The zero-order chi connectivity index (χ0) is 18.4. The Kier molecular flexibility index (Phi) is 6.41. The minimum atomic E-state index is -0.306. The Hall–Kier alpha value is -2.54. The normalized spacial score (nSPS) is 11.0. The highest BCUT2D eigenvalue weighted by Gasteiger charge is 2.15. The van der Waals surface area contributed by atoms with Gasteiger partial charge in [-0.25, -0.2) is 5.43 Å².